The smallest absolute Gasteiger partial charge is 0.254 e. The second kappa shape index (κ2) is 9.10. The number of hydrogen-bond acceptors (Lipinski definition) is 5. The van der Waals surface area contributed by atoms with Crippen LogP contribution in [-0.4, -0.2) is 36.3 Å². The van der Waals surface area contributed by atoms with E-state index >= 15 is 0 Å². The maximum atomic E-state index is 13.7. The molecule has 6 nitrogen and oxygen atoms in total. The van der Waals surface area contributed by atoms with Crippen molar-refractivity contribution in [3.63, 3.8) is 0 Å². The lowest BCUT2D eigenvalue weighted by Crippen LogP contribution is -2.41. The first kappa shape index (κ1) is 23.3. The van der Waals surface area contributed by atoms with Crippen LogP contribution >= 0.6 is 11.6 Å². The summed E-state index contributed by atoms with van der Waals surface area (Å²) in [6, 6.07) is 19.6. The van der Waals surface area contributed by atoms with Crippen molar-refractivity contribution in [2.45, 2.75) is 18.8 Å². The molecule has 3 aromatic rings. The zero-order valence-corrected chi connectivity index (χ0v) is 20.8. The number of nitrogens with zero attached hydrogens (tertiary/aromatic N) is 2. The molecule has 0 saturated carbocycles. The summed E-state index contributed by atoms with van der Waals surface area (Å²) in [4.78, 5) is 27.4. The number of ether oxygens (including phenoxy) is 2. The molecule has 0 N–H and O–H groups in total. The minimum Gasteiger partial charge on any atom is -0.490 e. The lowest BCUT2D eigenvalue weighted by molar-refractivity contribution is -0.139. The Morgan fingerprint density at radius 3 is 1.97 bits per heavy atom. The molecule has 0 spiro atoms. The van der Waals surface area contributed by atoms with Crippen molar-refractivity contribution in [3.05, 3.63) is 93.5 Å². The van der Waals surface area contributed by atoms with Crippen LogP contribution in [0, 0.1) is 24.2 Å². The average molecular weight is 511 g/mol. The van der Waals surface area contributed by atoms with E-state index in [1.165, 1.54) is 6.21 Å². The predicted octanol–water partition coefficient (Wildman–Crippen LogP) is 4.98. The number of amides is 2. The highest BCUT2D eigenvalue weighted by atomic mass is 35.5. The molecule has 1 saturated heterocycles. The Balaban J connectivity index is 1.36. The van der Waals surface area contributed by atoms with Crippen molar-refractivity contribution in [2.24, 2.45) is 16.9 Å². The Morgan fingerprint density at radius 1 is 0.946 bits per heavy atom. The lowest BCUT2D eigenvalue weighted by atomic mass is 9.55. The molecular weight excluding hydrogens is 488 g/mol. The molecule has 1 aliphatic heterocycles. The highest BCUT2D eigenvalue weighted by Gasteiger charge is 2.61. The van der Waals surface area contributed by atoms with Crippen LogP contribution in [0.5, 0.6) is 11.5 Å². The van der Waals surface area contributed by atoms with Gasteiger partial charge in [0.05, 0.1) is 29.7 Å². The number of benzene rings is 3. The third kappa shape index (κ3) is 3.53. The fourth-order valence-electron chi connectivity index (χ4n) is 6.08. The van der Waals surface area contributed by atoms with Crippen LogP contribution in [0.3, 0.4) is 0 Å². The van der Waals surface area contributed by atoms with Crippen molar-refractivity contribution in [3.8, 4) is 23.8 Å². The van der Waals surface area contributed by atoms with Crippen molar-refractivity contribution in [1.82, 2.24) is 5.01 Å². The number of rotatable bonds is 6. The molecule has 2 bridgehead atoms. The summed E-state index contributed by atoms with van der Waals surface area (Å²) in [5, 5.41) is 5.68. The SMILES string of the molecule is C#CCOc1c(Cl)cc(C=NN2C(=O)C3C4c5ccccc5C(c5ccccc54)C3C2=O)cc1OCC. The highest BCUT2D eigenvalue weighted by molar-refractivity contribution is 6.32. The first-order valence-electron chi connectivity index (χ1n) is 12.2. The number of hydrogen-bond donors (Lipinski definition) is 0. The summed E-state index contributed by atoms with van der Waals surface area (Å²) in [6.45, 7) is 2.27. The van der Waals surface area contributed by atoms with Crippen molar-refractivity contribution >= 4 is 29.6 Å². The molecule has 1 heterocycles. The summed E-state index contributed by atoms with van der Waals surface area (Å²) in [5.74, 6) is 1.26. The maximum absolute atomic E-state index is 13.7. The maximum Gasteiger partial charge on any atom is 0.254 e. The second-order valence-corrected chi connectivity index (χ2v) is 9.66. The zero-order chi connectivity index (χ0) is 25.7. The fourth-order valence-corrected chi connectivity index (χ4v) is 6.35. The molecule has 0 radical (unpaired) electrons. The van der Waals surface area contributed by atoms with Crippen LogP contribution in [0.1, 0.15) is 46.6 Å². The summed E-state index contributed by atoms with van der Waals surface area (Å²) in [5.41, 5.74) is 5.04. The van der Waals surface area contributed by atoms with Gasteiger partial charge in [0.25, 0.3) is 11.8 Å². The average Bonchev–Trinajstić information content (AvgIpc) is 3.17. The molecule has 2 amide bonds. The van der Waals surface area contributed by atoms with E-state index in [2.05, 4.69) is 35.3 Å². The summed E-state index contributed by atoms with van der Waals surface area (Å²) < 4.78 is 11.2. The van der Waals surface area contributed by atoms with E-state index in [9.17, 15) is 9.59 Å². The molecule has 4 aliphatic rings. The van der Waals surface area contributed by atoms with E-state index in [0.717, 1.165) is 27.3 Å². The third-order valence-electron chi connectivity index (χ3n) is 7.38. The molecule has 1 fully saturated rings. The van der Waals surface area contributed by atoms with Crippen molar-refractivity contribution < 1.29 is 19.1 Å². The molecule has 7 heteroatoms. The van der Waals surface area contributed by atoms with Gasteiger partial charge in [-0.2, -0.15) is 10.1 Å². The quantitative estimate of drug-likeness (QED) is 0.266. The molecular formula is C30H23ClN2O4. The fraction of sp³-hybridized carbons (Fsp3) is 0.233. The molecule has 2 unspecified atom stereocenters. The topological polar surface area (TPSA) is 68.2 Å². The van der Waals surface area contributed by atoms with Crippen LogP contribution < -0.4 is 9.47 Å². The largest absolute Gasteiger partial charge is 0.490 e. The van der Waals surface area contributed by atoms with Crippen LogP contribution in [-0.2, 0) is 9.59 Å². The van der Waals surface area contributed by atoms with Crippen LogP contribution in [0.15, 0.2) is 65.8 Å². The van der Waals surface area contributed by atoms with Gasteiger partial charge in [0.2, 0.25) is 0 Å². The Kier molecular flexibility index (Phi) is 5.73. The minimum absolute atomic E-state index is 0.0416. The van der Waals surface area contributed by atoms with Gasteiger partial charge in [-0.15, -0.1) is 6.42 Å². The molecule has 3 aromatic carbocycles. The van der Waals surface area contributed by atoms with E-state index in [-0.39, 0.29) is 30.3 Å². The van der Waals surface area contributed by atoms with E-state index < -0.39 is 11.8 Å². The van der Waals surface area contributed by atoms with Gasteiger partial charge in [0, 0.05) is 11.8 Å². The van der Waals surface area contributed by atoms with Crippen LogP contribution in [0.2, 0.25) is 5.02 Å². The molecule has 0 aromatic heterocycles. The second-order valence-electron chi connectivity index (χ2n) is 9.25. The molecule has 3 aliphatic carbocycles. The molecule has 37 heavy (non-hydrogen) atoms. The van der Waals surface area contributed by atoms with Gasteiger partial charge in [-0.1, -0.05) is 66.1 Å². The van der Waals surface area contributed by atoms with E-state index in [0.29, 0.717) is 28.7 Å². The van der Waals surface area contributed by atoms with Gasteiger partial charge in [-0.25, -0.2) is 0 Å². The molecule has 2 atom stereocenters. The summed E-state index contributed by atoms with van der Waals surface area (Å²) in [6.07, 6.45) is 6.76. The molecule has 7 rings (SSSR count). The minimum atomic E-state index is -0.485. The Bertz CT molecular complexity index is 1390. The van der Waals surface area contributed by atoms with Crippen molar-refractivity contribution in [1.29, 1.82) is 0 Å². The van der Waals surface area contributed by atoms with E-state index in [1.807, 2.05) is 31.2 Å². The first-order valence-corrected chi connectivity index (χ1v) is 12.5. The van der Waals surface area contributed by atoms with E-state index in [4.69, 9.17) is 27.5 Å². The first-order chi connectivity index (χ1) is 18.0. The zero-order valence-electron chi connectivity index (χ0n) is 20.1. The monoisotopic (exact) mass is 510 g/mol. The predicted molar refractivity (Wildman–Crippen MR) is 140 cm³/mol. The summed E-state index contributed by atoms with van der Waals surface area (Å²) in [7, 11) is 0. The third-order valence-corrected chi connectivity index (χ3v) is 7.66. The number of halogens is 1. The number of imide groups is 1. The van der Waals surface area contributed by atoms with Gasteiger partial charge in [0.1, 0.15) is 6.61 Å². The van der Waals surface area contributed by atoms with Crippen molar-refractivity contribution in [2.75, 3.05) is 13.2 Å². The van der Waals surface area contributed by atoms with Gasteiger partial charge in [-0.05, 0) is 46.9 Å². The van der Waals surface area contributed by atoms with E-state index in [1.54, 1.807) is 12.1 Å². The summed E-state index contributed by atoms with van der Waals surface area (Å²) >= 11 is 6.43. The lowest BCUT2D eigenvalue weighted by Gasteiger charge is -2.45. The number of hydrazone groups is 1. The van der Waals surface area contributed by atoms with Crippen LogP contribution in [0.25, 0.3) is 0 Å². The normalized spacial score (nSPS) is 23.0. The Morgan fingerprint density at radius 2 is 1.49 bits per heavy atom. The van der Waals surface area contributed by atoms with Crippen LogP contribution in [0.4, 0.5) is 0 Å². The van der Waals surface area contributed by atoms with Gasteiger partial charge < -0.3 is 9.47 Å². The number of carbonyl (C=O) groups is 2. The Hall–Kier alpha value is -4.08. The number of terminal acetylenes is 1. The molecule has 184 valence electrons. The standard InChI is InChI=1S/C30H23ClN2O4/c1-3-13-37-28-22(31)14-17(15-23(28)36-4-2)16-32-33-29(34)26-24-18-9-5-6-10-19(18)25(27(26)30(33)35)21-12-8-7-11-20(21)24/h1,5-12,14-16,24-27H,4,13H2,2H3. The Labute approximate surface area is 219 Å². The van der Waals surface area contributed by atoms with Gasteiger partial charge in [0.15, 0.2) is 11.5 Å². The van der Waals surface area contributed by atoms with Gasteiger partial charge >= 0.3 is 0 Å². The highest BCUT2D eigenvalue weighted by Crippen LogP contribution is 2.61. The van der Waals surface area contributed by atoms with Gasteiger partial charge in [-0.3, -0.25) is 9.59 Å². The number of carbonyl (C=O) groups excluding carboxylic acids is 2.